The van der Waals surface area contributed by atoms with Crippen LogP contribution in [0.1, 0.15) is 35.7 Å². The molecule has 1 amide bonds. The summed E-state index contributed by atoms with van der Waals surface area (Å²) in [6.45, 7) is 3.52. The maximum absolute atomic E-state index is 13.6. The van der Waals surface area contributed by atoms with Crippen molar-refractivity contribution >= 4 is 5.91 Å². The summed E-state index contributed by atoms with van der Waals surface area (Å²) >= 11 is 0. The molecule has 0 spiro atoms. The second-order valence-electron chi connectivity index (χ2n) is 6.58. The highest BCUT2D eigenvalue weighted by Crippen LogP contribution is 2.27. The van der Waals surface area contributed by atoms with Gasteiger partial charge in [-0.25, -0.2) is 4.39 Å². The van der Waals surface area contributed by atoms with E-state index in [1.165, 1.54) is 12.1 Å². The number of ether oxygens (including phenoxy) is 2. The molecule has 1 heterocycles. The molecule has 0 bridgehead atoms. The molecule has 0 aromatic heterocycles. The van der Waals surface area contributed by atoms with Gasteiger partial charge in [-0.15, -0.1) is 0 Å². The number of nitrogens with one attached hydrogen (secondary N) is 1. The third-order valence-electron chi connectivity index (χ3n) is 4.69. The standard InChI is InChI=1S/C21H24FNO3/c1-2-26-19-9-4-3-8-18(19)20(24)23-21(10-12-25-13-11-21)15-16-6-5-7-17(22)14-16/h3-9,14H,2,10-13,15H2,1H3,(H,23,24). The van der Waals surface area contributed by atoms with Crippen LogP contribution in [0.4, 0.5) is 4.39 Å². The number of carbonyl (C=O) groups excluding carboxylic acids is 1. The van der Waals surface area contributed by atoms with Gasteiger partial charge >= 0.3 is 0 Å². The molecule has 0 aliphatic carbocycles. The van der Waals surface area contributed by atoms with Crippen LogP contribution in [-0.4, -0.2) is 31.3 Å². The molecule has 1 aliphatic heterocycles. The second kappa shape index (κ2) is 8.32. The first kappa shape index (κ1) is 18.4. The molecule has 5 heteroatoms. The van der Waals surface area contributed by atoms with E-state index < -0.39 is 5.54 Å². The van der Waals surface area contributed by atoms with Crippen LogP contribution in [0.2, 0.25) is 0 Å². The Kier molecular flexibility index (Phi) is 5.89. The van der Waals surface area contributed by atoms with E-state index in [1.807, 2.05) is 25.1 Å². The van der Waals surface area contributed by atoms with E-state index in [4.69, 9.17) is 9.47 Å². The maximum atomic E-state index is 13.6. The number of hydrogen-bond acceptors (Lipinski definition) is 3. The minimum atomic E-state index is -0.456. The molecule has 2 aromatic rings. The number of rotatable bonds is 6. The smallest absolute Gasteiger partial charge is 0.255 e. The summed E-state index contributed by atoms with van der Waals surface area (Å²) < 4.78 is 24.6. The number of halogens is 1. The highest BCUT2D eigenvalue weighted by atomic mass is 19.1. The van der Waals surface area contributed by atoms with Crippen molar-refractivity contribution in [1.82, 2.24) is 5.32 Å². The highest BCUT2D eigenvalue weighted by Gasteiger charge is 2.35. The first-order valence-corrected chi connectivity index (χ1v) is 8.98. The number of amides is 1. The third-order valence-corrected chi connectivity index (χ3v) is 4.69. The van der Waals surface area contributed by atoms with Gasteiger partial charge in [-0.05, 0) is 56.0 Å². The maximum Gasteiger partial charge on any atom is 0.255 e. The fraction of sp³-hybridized carbons (Fsp3) is 0.381. The lowest BCUT2D eigenvalue weighted by Gasteiger charge is -2.38. The Morgan fingerprint density at radius 3 is 2.69 bits per heavy atom. The zero-order chi connectivity index (χ0) is 18.4. The van der Waals surface area contributed by atoms with E-state index >= 15 is 0 Å². The zero-order valence-electron chi connectivity index (χ0n) is 15.0. The van der Waals surface area contributed by atoms with Gasteiger partial charge in [0, 0.05) is 18.8 Å². The second-order valence-corrected chi connectivity index (χ2v) is 6.58. The Morgan fingerprint density at radius 1 is 1.19 bits per heavy atom. The quantitative estimate of drug-likeness (QED) is 0.857. The molecule has 0 saturated carbocycles. The summed E-state index contributed by atoms with van der Waals surface area (Å²) in [5, 5.41) is 3.19. The fourth-order valence-corrected chi connectivity index (χ4v) is 3.39. The van der Waals surface area contributed by atoms with Gasteiger partial charge in [0.25, 0.3) is 5.91 Å². The van der Waals surface area contributed by atoms with Gasteiger partial charge in [0.15, 0.2) is 0 Å². The normalized spacial score (nSPS) is 16.1. The lowest BCUT2D eigenvalue weighted by molar-refractivity contribution is 0.0359. The molecule has 138 valence electrons. The number of benzene rings is 2. The molecule has 0 unspecified atom stereocenters. The summed E-state index contributed by atoms with van der Waals surface area (Å²) in [4.78, 5) is 13.0. The number of hydrogen-bond donors (Lipinski definition) is 1. The van der Waals surface area contributed by atoms with E-state index in [0.717, 1.165) is 5.56 Å². The topological polar surface area (TPSA) is 47.6 Å². The minimum Gasteiger partial charge on any atom is -0.493 e. The predicted molar refractivity (Wildman–Crippen MR) is 98.0 cm³/mol. The summed E-state index contributed by atoms with van der Waals surface area (Å²) in [5.74, 6) is 0.130. The summed E-state index contributed by atoms with van der Waals surface area (Å²) in [5.41, 5.74) is 0.924. The lowest BCUT2D eigenvalue weighted by atomic mass is 9.83. The van der Waals surface area contributed by atoms with Crippen molar-refractivity contribution in [3.8, 4) is 5.75 Å². The average Bonchev–Trinajstić information content (AvgIpc) is 2.63. The monoisotopic (exact) mass is 357 g/mol. The van der Waals surface area contributed by atoms with Crippen molar-refractivity contribution in [3.63, 3.8) is 0 Å². The number of carbonyl (C=O) groups is 1. The van der Waals surface area contributed by atoms with Crippen molar-refractivity contribution in [3.05, 3.63) is 65.5 Å². The van der Waals surface area contributed by atoms with Crippen LogP contribution in [0.3, 0.4) is 0 Å². The molecule has 2 aromatic carbocycles. The SMILES string of the molecule is CCOc1ccccc1C(=O)NC1(Cc2cccc(F)c2)CCOCC1. The van der Waals surface area contributed by atoms with E-state index in [1.54, 1.807) is 18.2 Å². The van der Waals surface area contributed by atoms with Crippen LogP contribution in [0.5, 0.6) is 5.75 Å². The van der Waals surface area contributed by atoms with E-state index in [2.05, 4.69) is 5.32 Å². The predicted octanol–water partition coefficient (Wildman–Crippen LogP) is 3.75. The summed E-state index contributed by atoms with van der Waals surface area (Å²) in [6.07, 6.45) is 1.94. The van der Waals surface area contributed by atoms with Crippen LogP contribution < -0.4 is 10.1 Å². The van der Waals surface area contributed by atoms with Crippen LogP contribution in [0.25, 0.3) is 0 Å². The van der Waals surface area contributed by atoms with Gasteiger partial charge < -0.3 is 14.8 Å². The molecule has 0 radical (unpaired) electrons. The minimum absolute atomic E-state index is 0.174. The summed E-state index contributed by atoms with van der Waals surface area (Å²) in [6, 6.07) is 13.8. The number of para-hydroxylation sites is 1. The Bertz CT molecular complexity index is 756. The molecule has 1 N–H and O–H groups in total. The molecule has 1 saturated heterocycles. The van der Waals surface area contributed by atoms with E-state index in [9.17, 15) is 9.18 Å². The molecule has 1 fully saturated rings. The van der Waals surface area contributed by atoms with Crippen molar-refractivity contribution < 1.29 is 18.7 Å². The van der Waals surface area contributed by atoms with Crippen molar-refractivity contribution in [1.29, 1.82) is 0 Å². The van der Waals surface area contributed by atoms with Crippen LogP contribution in [-0.2, 0) is 11.2 Å². The van der Waals surface area contributed by atoms with Gasteiger partial charge in [-0.2, -0.15) is 0 Å². The Labute approximate surface area is 153 Å². The van der Waals surface area contributed by atoms with Gasteiger partial charge in [-0.3, -0.25) is 4.79 Å². The van der Waals surface area contributed by atoms with Crippen LogP contribution in [0, 0.1) is 5.82 Å². The first-order valence-electron chi connectivity index (χ1n) is 8.98. The van der Waals surface area contributed by atoms with Crippen LogP contribution in [0.15, 0.2) is 48.5 Å². The fourth-order valence-electron chi connectivity index (χ4n) is 3.39. The van der Waals surface area contributed by atoms with Crippen molar-refractivity contribution in [2.45, 2.75) is 31.7 Å². The zero-order valence-corrected chi connectivity index (χ0v) is 15.0. The lowest BCUT2D eigenvalue weighted by Crippen LogP contribution is -2.53. The van der Waals surface area contributed by atoms with Crippen molar-refractivity contribution in [2.75, 3.05) is 19.8 Å². The van der Waals surface area contributed by atoms with E-state index in [-0.39, 0.29) is 11.7 Å². The molecular weight excluding hydrogens is 333 g/mol. The molecular formula is C21H24FNO3. The molecule has 0 atom stereocenters. The van der Waals surface area contributed by atoms with Crippen LogP contribution >= 0.6 is 0 Å². The molecule has 1 aliphatic rings. The average molecular weight is 357 g/mol. The molecule has 26 heavy (non-hydrogen) atoms. The van der Waals surface area contributed by atoms with E-state index in [0.29, 0.717) is 50.4 Å². The van der Waals surface area contributed by atoms with Gasteiger partial charge in [0.05, 0.1) is 12.2 Å². The Morgan fingerprint density at radius 2 is 1.96 bits per heavy atom. The first-order chi connectivity index (χ1) is 12.6. The Hall–Kier alpha value is -2.40. The third kappa shape index (κ3) is 4.41. The summed E-state index contributed by atoms with van der Waals surface area (Å²) in [7, 11) is 0. The Balaban J connectivity index is 1.83. The van der Waals surface area contributed by atoms with Crippen molar-refractivity contribution in [2.24, 2.45) is 0 Å². The van der Waals surface area contributed by atoms with Gasteiger partial charge in [0.2, 0.25) is 0 Å². The highest BCUT2D eigenvalue weighted by molar-refractivity contribution is 5.97. The molecule has 4 nitrogen and oxygen atoms in total. The molecule has 3 rings (SSSR count). The van der Waals surface area contributed by atoms with Gasteiger partial charge in [0.1, 0.15) is 11.6 Å². The largest absolute Gasteiger partial charge is 0.493 e. The van der Waals surface area contributed by atoms with Gasteiger partial charge in [-0.1, -0.05) is 24.3 Å².